The zero-order valence-corrected chi connectivity index (χ0v) is 12.9. The summed E-state index contributed by atoms with van der Waals surface area (Å²) in [6.45, 7) is 5.51. The summed E-state index contributed by atoms with van der Waals surface area (Å²) < 4.78 is 5.17. The summed E-state index contributed by atoms with van der Waals surface area (Å²) in [6, 6.07) is 7.51. The minimum atomic E-state index is -0.248. The Balaban J connectivity index is 1.92. The van der Waals surface area contributed by atoms with Crippen LogP contribution in [0.2, 0.25) is 0 Å². The molecule has 20 heavy (non-hydrogen) atoms. The van der Waals surface area contributed by atoms with Gasteiger partial charge in [-0.1, -0.05) is 12.1 Å². The van der Waals surface area contributed by atoms with Crippen LogP contribution in [0.15, 0.2) is 29.2 Å². The smallest absolute Gasteiger partial charge is 0.319 e. The van der Waals surface area contributed by atoms with E-state index < -0.39 is 0 Å². The van der Waals surface area contributed by atoms with Gasteiger partial charge in [-0.15, -0.1) is 11.8 Å². The van der Waals surface area contributed by atoms with Crippen molar-refractivity contribution in [3.05, 3.63) is 29.8 Å². The van der Waals surface area contributed by atoms with Gasteiger partial charge in [-0.3, -0.25) is 9.59 Å². The van der Waals surface area contributed by atoms with Crippen LogP contribution < -0.4 is 0 Å². The second kappa shape index (κ2) is 6.44. The molecule has 3 nitrogen and oxygen atoms in total. The summed E-state index contributed by atoms with van der Waals surface area (Å²) in [4.78, 5) is 24.6. The van der Waals surface area contributed by atoms with E-state index in [9.17, 15) is 9.59 Å². The third-order valence-electron chi connectivity index (χ3n) is 3.08. The van der Waals surface area contributed by atoms with E-state index >= 15 is 0 Å². The average Bonchev–Trinajstić information content (AvgIpc) is 3.22. The molecule has 0 heterocycles. The number of carbonyl (C=O) groups is 2. The number of hydrogen-bond acceptors (Lipinski definition) is 4. The van der Waals surface area contributed by atoms with Gasteiger partial charge in [0.05, 0.1) is 6.10 Å². The van der Waals surface area contributed by atoms with Crippen molar-refractivity contribution < 1.29 is 14.3 Å². The largest absolute Gasteiger partial charge is 0.462 e. The predicted octanol–water partition coefficient (Wildman–Crippen LogP) is 3.71. The van der Waals surface area contributed by atoms with Gasteiger partial charge in [-0.25, -0.2) is 0 Å². The van der Waals surface area contributed by atoms with Crippen LogP contribution in [-0.2, 0) is 9.53 Å². The molecule has 0 aliphatic heterocycles. The minimum Gasteiger partial charge on any atom is -0.462 e. The zero-order chi connectivity index (χ0) is 14.7. The molecule has 1 atom stereocenters. The summed E-state index contributed by atoms with van der Waals surface area (Å²) in [5.41, 5.74) is 0.772. The van der Waals surface area contributed by atoms with E-state index in [1.807, 2.05) is 45.0 Å². The van der Waals surface area contributed by atoms with Crippen molar-refractivity contribution in [3.8, 4) is 0 Å². The molecule has 1 fully saturated rings. The number of hydrogen-bond donors (Lipinski definition) is 0. The van der Waals surface area contributed by atoms with Crippen molar-refractivity contribution in [3.63, 3.8) is 0 Å². The van der Waals surface area contributed by atoms with Crippen LogP contribution in [0.5, 0.6) is 0 Å². The summed E-state index contributed by atoms with van der Waals surface area (Å²) in [5.74, 6) is 0.283. The van der Waals surface area contributed by atoms with Crippen LogP contribution >= 0.6 is 11.8 Å². The summed E-state index contributed by atoms with van der Waals surface area (Å²) in [7, 11) is 0. The van der Waals surface area contributed by atoms with Crippen molar-refractivity contribution in [2.75, 3.05) is 0 Å². The van der Waals surface area contributed by atoms with Crippen molar-refractivity contribution in [2.45, 2.75) is 49.9 Å². The van der Waals surface area contributed by atoms with Crippen LogP contribution in [0.3, 0.4) is 0 Å². The highest BCUT2D eigenvalue weighted by atomic mass is 32.2. The fraction of sp³-hybridized carbons (Fsp3) is 0.500. The third-order valence-corrected chi connectivity index (χ3v) is 4.17. The number of carbonyl (C=O) groups excluding carboxylic acids is 2. The highest BCUT2D eigenvalue weighted by Crippen LogP contribution is 2.33. The number of esters is 1. The Morgan fingerprint density at radius 1 is 1.15 bits per heavy atom. The molecular formula is C16H20O3S. The van der Waals surface area contributed by atoms with E-state index in [-0.39, 0.29) is 29.0 Å². The number of ketones is 1. The number of rotatable bonds is 6. The van der Waals surface area contributed by atoms with Crippen LogP contribution in [-0.4, -0.2) is 23.1 Å². The first kappa shape index (κ1) is 15.1. The molecule has 0 spiro atoms. The Labute approximate surface area is 124 Å². The van der Waals surface area contributed by atoms with Crippen molar-refractivity contribution in [1.29, 1.82) is 0 Å². The molecule has 1 saturated carbocycles. The first-order valence-electron chi connectivity index (χ1n) is 6.99. The molecule has 1 aromatic carbocycles. The van der Waals surface area contributed by atoms with Gasteiger partial charge in [0, 0.05) is 16.4 Å². The molecular weight excluding hydrogens is 272 g/mol. The molecule has 1 aliphatic carbocycles. The fourth-order valence-corrected chi connectivity index (χ4v) is 2.71. The van der Waals surface area contributed by atoms with E-state index in [2.05, 4.69) is 0 Å². The maximum Gasteiger partial charge on any atom is 0.319 e. The fourth-order valence-electron chi connectivity index (χ4n) is 1.86. The van der Waals surface area contributed by atoms with E-state index in [0.717, 1.165) is 23.3 Å². The second-order valence-corrected chi connectivity index (χ2v) is 6.82. The molecule has 0 bridgehead atoms. The van der Waals surface area contributed by atoms with Gasteiger partial charge < -0.3 is 4.74 Å². The van der Waals surface area contributed by atoms with Gasteiger partial charge in [0.1, 0.15) is 5.25 Å². The first-order valence-corrected chi connectivity index (χ1v) is 7.86. The Morgan fingerprint density at radius 3 is 2.25 bits per heavy atom. The molecule has 1 aliphatic rings. The lowest BCUT2D eigenvalue weighted by Crippen LogP contribution is -2.20. The highest BCUT2D eigenvalue weighted by Gasteiger charge is 2.30. The van der Waals surface area contributed by atoms with E-state index in [1.54, 1.807) is 0 Å². The molecule has 1 unspecified atom stereocenters. The second-order valence-electron chi connectivity index (χ2n) is 5.41. The number of Topliss-reactive ketones (excluding diaryl/α,β-unsaturated/α-hetero) is 1. The highest BCUT2D eigenvalue weighted by molar-refractivity contribution is 8.00. The summed E-state index contributed by atoms with van der Waals surface area (Å²) >= 11 is 1.45. The van der Waals surface area contributed by atoms with Crippen molar-refractivity contribution in [2.24, 2.45) is 5.92 Å². The SMILES string of the molecule is CC(C)OC(=O)C(C)Sc1ccc(C(=O)C2CC2)cc1. The minimum absolute atomic E-state index is 0.0934. The van der Waals surface area contributed by atoms with Crippen LogP contribution in [0.4, 0.5) is 0 Å². The summed E-state index contributed by atoms with van der Waals surface area (Å²) in [6.07, 6.45) is 1.95. The number of benzene rings is 1. The summed E-state index contributed by atoms with van der Waals surface area (Å²) in [5, 5.41) is -0.248. The lowest BCUT2D eigenvalue weighted by atomic mass is 10.1. The first-order chi connectivity index (χ1) is 9.47. The van der Waals surface area contributed by atoms with Gasteiger partial charge in [0.15, 0.2) is 5.78 Å². The van der Waals surface area contributed by atoms with Crippen LogP contribution in [0.1, 0.15) is 44.0 Å². The molecule has 0 amide bonds. The lowest BCUT2D eigenvalue weighted by molar-refractivity contribution is -0.146. The average molecular weight is 292 g/mol. The van der Waals surface area contributed by atoms with E-state index in [1.165, 1.54) is 11.8 Å². The van der Waals surface area contributed by atoms with Gasteiger partial charge in [0.25, 0.3) is 0 Å². The maximum atomic E-state index is 11.9. The molecule has 0 saturated heterocycles. The molecule has 1 aromatic rings. The standard InChI is InChI=1S/C16H20O3S/c1-10(2)19-16(18)11(3)20-14-8-6-13(7-9-14)15(17)12-4-5-12/h6-12H,4-5H2,1-3H3. The van der Waals surface area contributed by atoms with Crippen LogP contribution in [0.25, 0.3) is 0 Å². The number of ether oxygens (including phenoxy) is 1. The van der Waals surface area contributed by atoms with Crippen LogP contribution in [0, 0.1) is 5.92 Å². The van der Waals surface area contributed by atoms with E-state index in [0.29, 0.717) is 0 Å². The Morgan fingerprint density at radius 2 is 1.75 bits per heavy atom. The van der Waals surface area contributed by atoms with Crippen molar-refractivity contribution >= 4 is 23.5 Å². The monoisotopic (exact) mass is 292 g/mol. The van der Waals surface area contributed by atoms with Gasteiger partial charge in [0.2, 0.25) is 0 Å². The molecule has 0 aromatic heterocycles. The Kier molecular flexibility index (Phi) is 4.86. The van der Waals surface area contributed by atoms with Gasteiger partial charge >= 0.3 is 5.97 Å². The predicted molar refractivity (Wildman–Crippen MR) is 80.0 cm³/mol. The number of thioether (sulfide) groups is 1. The van der Waals surface area contributed by atoms with Crippen molar-refractivity contribution in [1.82, 2.24) is 0 Å². The van der Waals surface area contributed by atoms with Gasteiger partial charge in [-0.05, 0) is 45.7 Å². The maximum absolute atomic E-state index is 11.9. The lowest BCUT2D eigenvalue weighted by Gasteiger charge is -2.13. The topological polar surface area (TPSA) is 43.4 Å². The Hall–Kier alpha value is -1.29. The molecule has 108 valence electrons. The molecule has 4 heteroatoms. The quantitative estimate of drug-likeness (QED) is 0.455. The molecule has 0 radical (unpaired) electrons. The molecule has 0 N–H and O–H groups in total. The van der Waals surface area contributed by atoms with Gasteiger partial charge in [-0.2, -0.15) is 0 Å². The Bertz CT molecular complexity index is 489. The van der Waals surface area contributed by atoms with E-state index in [4.69, 9.17) is 4.74 Å². The molecule has 2 rings (SSSR count). The normalized spacial score (nSPS) is 16.0. The zero-order valence-electron chi connectivity index (χ0n) is 12.1. The third kappa shape index (κ3) is 4.10.